The number of ether oxygens (including phenoxy) is 1. The molecule has 2 amide bonds. The number of thioether (sulfide) groups is 1. The van der Waals surface area contributed by atoms with Gasteiger partial charge >= 0.3 is 0 Å². The van der Waals surface area contributed by atoms with E-state index in [0.717, 1.165) is 0 Å². The van der Waals surface area contributed by atoms with Crippen LogP contribution in [0.15, 0.2) is 48.5 Å². The van der Waals surface area contributed by atoms with E-state index in [0.29, 0.717) is 22.8 Å². The zero-order valence-corrected chi connectivity index (χ0v) is 16.0. The number of likely N-dealkylation sites (N-methyl/N-ethyl adjacent to an activating group) is 1. The lowest BCUT2D eigenvalue weighted by atomic mass is 10.1. The fourth-order valence-corrected chi connectivity index (χ4v) is 4.15. The third kappa shape index (κ3) is 4.24. The Morgan fingerprint density at radius 1 is 1.26 bits per heavy atom. The zero-order valence-electron chi connectivity index (χ0n) is 15.2. The van der Waals surface area contributed by atoms with E-state index < -0.39 is 11.9 Å². The van der Waals surface area contributed by atoms with Gasteiger partial charge in [-0.2, -0.15) is 0 Å². The third-order valence-corrected chi connectivity index (χ3v) is 5.47. The number of amides is 2. The lowest BCUT2D eigenvalue weighted by Crippen LogP contribution is -2.47. The van der Waals surface area contributed by atoms with Crippen LogP contribution in [0.25, 0.3) is 0 Å². The summed E-state index contributed by atoms with van der Waals surface area (Å²) in [6.07, 6.45) is 0. The second-order valence-electron chi connectivity index (χ2n) is 6.32. The molecule has 1 fully saturated rings. The molecule has 2 aromatic rings. The molecule has 0 radical (unpaired) electrons. The highest BCUT2D eigenvalue weighted by molar-refractivity contribution is 7.99. The summed E-state index contributed by atoms with van der Waals surface area (Å²) in [7, 11) is 3.07. The Hall–Kier alpha value is -2.54. The molecule has 0 saturated carbocycles. The van der Waals surface area contributed by atoms with Crippen LogP contribution in [0.5, 0.6) is 5.75 Å². The smallest absolute Gasteiger partial charge is 0.255 e. The van der Waals surface area contributed by atoms with Gasteiger partial charge < -0.3 is 14.5 Å². The Bertz CT molecular complexity index is 831. The van der Waals surface area contributed by atoms with Gasteiger partial charge in [-0.3, -0.25) is 9.59 Å². The van der Waals surface area contributed by atoms with Gasteiger partial charge in [-0.25, -0.2) is 4.39 Å². The van der Waals surface area contributed by atoms with Crippen LogP contribution in [0.1, 0.15) is 15.9 Å². The van der Waals surface area contributed by atoms with Gasteiger partial charge in [0.05, 0.1) is 13.0 Å². The number of benzene rings is 2. The van der Waals surface area contributed by atoms with Crippen molar-refractivity contribution in [2.24, 2.45) is 0 Å². The van der Waals surface area contributed by atoms with Crippen molar-refractivity contribution >= 4 is 23.6 Å². The van der Waals surface area contributed by atoms with Crippen molar-refractivity contribution in [3.05, 3.63) is 65.5 Å². The van der Waals surface area contributed by atoms with E-state index in [2.05, 4.69) is 0 Å². The molecule has 1 aliphatic rings. The number of carbonyl (C=O) groups excluding carboxylic acids is 2. The maximum atomic E-state index is 13.9. The molecule has 3 rings (SSSR count). The van der Waals surface area contributed by atoms with Crippen molar-refractivity contribution in [2.75, 3.05) is 25.8 Å². The number of rotatable bonds is 5. The lowest BCUT2D eigenvalue weighted by Gasteiger charge is -2.27. The first-order chi connectivity index (χ1) is 13.0. The van der Waals surface area contributed by atoms with Gasteiger partial charge in [-0.15, -0.1) is 11.8 Å². The highest BCUT2D eigenvalue weighted by atomic mass is 32.2. The van der Waals surface area contributed by atoms with Gasteiger partial charge in [0.15, 0.2) is 11.6 Å². The van der Waals surface area contributed by atoms with E-state index in [1.807, 2.05) is 6.07 Å². The molecule has 27 heavy (non-hydrogen) atoms. The molecule has 2 aromatic carbocycles. The third-order valence-electron chi connectivity index (χ3n) is 4.46. The summed E-state index contributed by atoms with van der Waals surface area (Å²) in [5.41, 5.74) is 1.23. The second-order valence-corrected chi connectivity index (χ2v) is 7.32. The molecule has 0 spiro atoms. The molecule has 1 atom stereocenters. The molecule has 1 unspecified atom stereocenters. The van der Waals surface area contributed by atoms with Crippen molar-refractivity contribution in [1.82, 2.24) is 9.80 Å². The first-order valence-corrected chi connectivity index (χ1v) is 9.68. The molecule has 0 bridgehead atoms. The van der Waals surface area contributed by atoms with E-state index >= 15 is 0 Å². The van der Waals surface area contributed by atoms with Crippen LogP contribution >= 0.6 is 11.8 Å². The fraction of sp³-hybridized carbons (Fsp3) is 0.300. The van der Waals surface area contributed by atoms with Crippen LogP contribution in [0.2, 0.25) is 0 Å². The van der Waals surface area contributed by atoms with Gasteiger partial charge in [0.2, 0.25) is 5.91 Å². The van der Waals surface area contributed by atoms with Crippen molar-refractivity contribution in [3.63, 3.8) is 0 Å². The van der Waals surface area contributed by atoms with E-state index in [1.165, 1.54) is 18.1 Å². The van der Waals surface area contributed by atoms with E-state index in [1.54, 1.807) is 60.1 Å². The Morgan fingerprint density at radius 2 is 2.00 bits per heavy atom. The first kappa shape index (κ1) is 19.2. The summed E-state index contributed by atoms with van der Waals surface area (Å²) in [4.78, 5) is 28.8. The number of nitrogens with zero attached hydrogens (tertiary/aromatic N) is 2. The standard InChI is InChI=1S/C20H21FN2O3S/c1-22(11-14-8-9-18(26-2)16(21)10-14)20(25)17-12-27-13-23(17)19(24)15-6-4-3-5-7-15/h3-10,17H,11-13H2,1-2H3. The molecule has 1 saturated heterocycles. The molecule has 0 aliphatic carbocycles. The Balaban J connectivity index is 1.70. The van der Waals surface area contributed by atoms with E-state index in [4.69, 9.17) is 4.74 Å². The summed E-state index contributed by atoms with van der Waals surface area (Å²) in [5.74, 6) is 0.435. The monoisotopic (exact) mass is 388 g/mol. The maximum Gasteiger partial charge on any atom is 0.255 e. The van der Waals surface area contributed by atoms with Gasteiger partial charge in [0.1, 0.15) is 6.04 Å². The molecule has 0 N–H and O–H groups in total. The van der Waals surface area contributed by atoms with Crippen molar-refractivity contribution < 1.29 is 18.7 Å². The predicted octanol–water partition coefficient (Wildman–Crippen LogP) is 3.01. The highest BCUT2D eigenvalue weighted by Gasteiger charge is 2.36. The van der Waals surface area contributed by atoms with Crippen molar-refractivity contribution in [3.8, 4) is 5.75 Å². The number of methoxy groups -OCH3 is 1. The second kappa shape index (κ2) is 8.43. The Kier molecular flexibility index (Phi) is 6.01. The van der Waals surface area contributed by atoms with Gasteiger partial charge in [0, 0.05) is 24.9 Å². The molecule has 1 heterocycles. The van der Waals surface area contributed by atoms with Crippen LogP contribution in [0, 0.1) is 5.82 Å². The fourth-order valence-electron chi connectivity index (χ4n) is 3.01. The van der Waals surface area contributed by atoms with Crippen LogP contribution < -0.4 is 4.74 Å². The number of hydrogen-bond donors (Lipinski definition) is 0. The van der Waals surface area contributed by atoms with Crippen LogP contribution in [0.4, 0.5) is 4.39 Å². The quantitative estimate of drug-likeness (QED) is 0.790. The van der Waals surface area contributed by atoms with Crippen LogP contribution in [0.3, 0.4) is 0 Å². The van der Waals surface area contributed by atoms with E-state index in [9.17, 15) is 14.0 Å². The summed E-state index contributed by atoms with van der Waals surface area (Å²) in [5, 5.41) is 0. The summed E-state index contributed by atoms with van der Waals surface area (Å²) < 4.78 is 18.8. The highest BCUT2D eigenvalue weighted by Crippen LogP contribution is 2.25. The van der Waals surface area contributed by atoms with E-state index in [-0.39, 0.29) is 24.1 Å². The largest absolute Gasteiger partial charge is 0.494 e. The molecular weight excluding hydrogens is 367 g/mol. The Labute approximate surface area is 162 Å². The zero-order chi connectivity index (χ0) is 19.4. The minimum Gasteiger partial charge on any atom is -0.494 e. The normalized spacial score (nSPS) is 16.3. The number of carbonyl (C=O) groups is 2. The minimum absolute atomic E-state index is 0.150. The van der Waals surface area contributed by atoms with Crippen LogP contribution in [-0.4, -0.2) is 53.4 Å². The summed E-state index contributed by atoms with van der Waals surface area (Å²) in [6, 6.07) is 13.1. The van der Waals surface area contributed by atoms with Gasteiger partial charge in [-0.05, 0) is 29.8 Å². The summed E-state index contributed by atoms with van der Waals surface area (Å²) >= 11 is 1.55. The molecule has 7 heteroatoms. The molecule has 5 nitrogen and oxygen atoms in total. The molecular formula is C20H21FN2O3S. The van der Waals surface area contributed by atoms with Crippen LogP contribution in [-0.2, 0) is 11.3 Å². The van der Waals surface area contributed by atoms with Crippen molar-refractivity contribution in [2.45, 2.75) is 12.6 Å². The minimum atomic E-state index is -0.518. The molecule has 142 valence electrons. The average molecular weight is 388 g/mol. The Morgan fingerprint density at radius 3 is 2.67 bits per heavy atom. The average Bonchev–Trinajstić information content (AvgIpc) is 3.17. The van der Waals surface area contributed by atoms with Gasteiger partial charge in [0.25, 0.3) is 5.91 Å². The van der Waals surface area contributed by atoms with Crippen molar-refractivity contribution in [1.29, 1.82) is 0 Å². The maximum absolute atomic E-state index is 13.9. The number of halogens is 1. The van der Waals surface area contributed by atoms with Gasteiger partial charge in [-0.1, -0.05) is 24.3 Å². The molecule has 0 aromatic heterocycles. The summed E-state index contributed by atoms with van der Waals surface area (Å²) in [6.45, 7) is 0.258. The molecule has 1 aliphatic heterocycles. The predicted molar refractivity (Wildman–Crippen MR) is 103 cm³/mol. The SMILES string of the molecule is COc1ccc(CN(C)C(=O)C2CSCN2C(=O)c2ccccc2)cc1F. The lowest BCUT2D eigenvalue weighted by molar-refractivity contribution is -0.134. The topological polar surface area (TPSA) is 49.9 Å². The number of hydrogen-bond acceptors (Lipinski definition) is 4. The first-order valence-electron chi connectivity index (χ1n) is 8.52.